The smallest absolute Gasteiger partial charge is 0.120 e. The Bertz CT molecular complexity index is 442. The summed E-state index contributed by atoms with van der Waals surface area (Å²) in [4.78, 5) is 10.9. The zero-order chi connectivity index (χ0) is 15.9. The van der Waals surface area contributed by atoms with Gasteiger partial charge in [-0.05, 0) is 61.3 Å². The molecule has 1 aliphatic carbocycles. The Morgan fingerprint density at radius 2 is 1.82 bits per heavy atom. The Hall–Kier alpha value is -1.15. The summed E-state index contributed by atoms with van der Waals surface area (Å²) in [6, 6.07) is 10.4. The molecule has 0 amide bonds. The van der Waals surface area contributed by atoms with Crippen molar-refractivity contribution in [1.82, 2.24) is 0 Å². The molecule has 1 fully saturated rings. The molecule has 0 aromatic heterocycles. The third-order valence-electron chi connectivity index (χ3n) is 5.57. The molecule has 1 aromatic rings. The highest BCUT2D eigenvalue weighted by molar-refractivity contribution is 5.50. The minimum Gasteiger partial charge on any atom is -0.393 e. The Kier molecular flexibility index (Phi) is 6.63. The Morgan fingerprint density at radius 1 is 1.14 bits per heavy atom. The minimum absolute atomic E-state index is 0.222. The molecule has 2 rings (SSSR count). The van der Waals surface area contributed by atoms with Crippen LogP contribution in [0.3, 0.4) is 0 Å². The highest BCUT2D eigenvalue weighted by atomic mass is 16.3. The summed E-state index contributed by atoms with van der Waals surface area (Å²) in [6.45, 7) is 4.58. The summed E-state index contributed by atoms with van der Waals surface area (Å²) in [6.07, 6.45) is 6.47. The average molecular weight is 302 g/mol. The van der Waals surface area contributed by atoms with Crippen LogP contribution in [-0.4, -0.2) is 17.5 Å². The molecule has 0 heterocycles. The first-order valence-electron chi connectivity index (χ1n) is 8.77. The maximum atomic E-state index is 10.9. The number of carbonyl (C=O) groups excluding carboxylic acids is 1. The fourth-order valence-corrected chi connectivity index (χ4v) is 4.30. The summed E-state index contributed by atoms with van der Waals surface area (Å²) in [5, 5.41) is 10.3. The number of aliphatic hydroxyl groups is 1. The van der Waals surface area contributed by atoms with E-state index in [4.69, 9.17) is 0 Å². The molecule has 1 N–H and O–H groups in total. The van der Waals surface area contributed by atoms with Gasteiger partial charge in [0.1, 0.15) is 6.29 Å². The van der Waals surface area contributed by atoms with Crippen LogP contribution in [0.5, 0.6) is 0 Å². The lowest BCUT2D eigenvalue weighted by atomic mass is 9.82. The van der Waals surface area contributed by atoms with Crippen molar-refractivity contribution in [2.45, 2.75) is 58.5 Å². The number of carbonyl (C=O) groups is 1. The van der Waals surface area contributed by atoms with Gasteiger partial charge in [-0.3, -0.25) is 0 Å². The quantitative estimate of drug-likeness (QED) is 0.729. The number of hydrogen-bond donors (Lipinski definition) is 1. The Morgan fingerprint density at radius 3 is 2.50 bits per heavy atom. The predicted molar refractivity (Wildman–Crippen MR) is 90.6 cm³/mol. The minimum atomic E-state index is -0.222. The zero-order valence-electron chi connectivity index (χ0n) is 13.9. The monoisotopic (exact) mass is 302 g/mol. The zero-order valence-corrected chi connectivity index (χ0v) is 13.9. The second-order valence-electron chi connectivity index (χ2n) is 7.18. The summed E-state index contributed by atoms with van der Waals surface area (Å²) >= 11 is 0. The Balaban J connectivity index is 1.77. The summed E-state index contributed by atoms with van der Waals surface area (Å²) in [7, 11) is 0. The SMILES string of the molecule is C[C@@H]1C[C@H](C)[C@H](CC=O)[C@H]1CC[C@@H](O)CCc1ccccc1. The first kappa shape index (κ1) is 17.2. The van der Waals surface area contributed by atoms with Crippen LogP contribution in [0.25, 0.3) is 0 Å². The van der Waals surface area contributed by atoms with Crippen molar-refractivity contribution < 1.29 is 9.90 Å². The van der Waals surface area contributed by atoms with E-state index < -0.39 is 0 Å². The normalized spacial score (nSPS) is 29.4. The van der Waals surface area contributed by atoms with E-state index >= 15 is 0 Å². The fraction of sp³-hybridized carbons (Fsp3) is 0.650. The van der Waals surface area contributed by atoms with Gasteiger partial charge in [-0.25, -0.2) is 0 Å². The van der Waals surface area contributed by atoms with E-state index in [-0.39, 0.29) is 6.10 Å². The van der Waals surface area contributed by atoms with Crippen molar-refractivity contribution in [1.29, 1.82) is 0 Å². The summed E-state index contributed by atoms with van der Waals surface area (Å²) in [5.74, 6) is 2.45. The molecule has 0 aliphatic heterocycles. The highest BCUT2D eigenvalue weighted by Gasteiger charge is 2.37. The molecule has 22 heavy (non-hydrogen) atoms. The third-order valence-corrected chi connectivity index (χ3v) is 5.57. The second-order valence-corrected chi connectivity index (χ2v) is 7.18. The molecular formula is C20H30O2. The fourth-order valence-electron chi connectivity index (χ4n) is 4.30. The predicted octanol–water partition coefficient (Wildman–Crippen LogP) is 4.26. The molecule has 0 saturated heterocycles. The van der Waals surface area contributed by atoms with E-state index in [9.17, 15) is 9.90 Å². The summed E-state index contributed by atoms with van der Waals surface area (Å²) in [5.41, 5.74) is 1.29. The molecule has 2 heteroatoms. The largest absolute Gasteiger partial charge is 0.393 e. The highest BCUT2D eigenvalue weighted by Crippen LogP contribution is 2.45. The molecule has 0 unspecified atom stereocenters. The molecule has 1 saturated carbocycles. The molecule has 122 valence electrons. The molecule has 2 nitrogen and oxygen atoms in total. The van der Waals surface area contributed by atoms with E-state index in [0.29, 0.717) is 30.1 Å². The topological polar surface area (TPSA) is 37.3 Å². The standard InChI is InChI=1S/C20H30O2/c1-15-14-16(2)20(12-13-21)19(15)11-10-18(22)9-8-17-6-4-3-5-7-17/h3-7,13,15-16,18-20,22H,8-12,14H2,1-2H3/t15-,16+,18+,19+,20+/m1/s1. The van der Waals surface area contributed by atoms with Gasteiger partial charge >= 0.3 is 0 Å². The number of benzene rings is 1. The van der Waals surface area contributed by atoms with E-state index in [2.05, 4.69) is 26.0 Å². The average Bonchev–Trinajstić information content (AvgIpc) is 2.78. The number of aldehydes is 1. The molecular weight excluding hydrogens is 272 g/mol. The van der Waals surface area contributed by atoms with Crippen molar-refractivity contribution >= 4 is 6.29 Å². The van der Waals surface area contributed by atoms with Crippen molar-refractivity contribution in [3.05, 3.63) is 35.9 Å². The molecule has 1 aromatic carbocycles. The lowest BCUT2D eigenvalue weighted by Gasteiger charge is -2.24. The van der Waals surface area contributed by atoms with Gasteiger partial charge in [-0.2, -0.15) is 0 Å². The molecule has 0 radical (unpaired) electrons. The lowest BCUT2D eigenvalue weighted by molar-refractivity contribution is -0.109. The lowest BCUT2D eigenvalue weighted by Crippen LogP contribution is -2.19. The first-order chi connectivity index (χ1) is 10.6. The van der Waals surface area contributed by atoms with E-state index in [1.165, 1.54) is 12.0 Å². The van der Waals surface area contributed by atoms with Crippen molar-refractivity contribution in [3.63, 3.8) is 0 Å². The number of rotatable bonds is 8. The number of aliphatic hydroxyl groups excluding tert-OH is 1. The Labute approximate surface area is 134 Å². The van der Waals surface area contributed by atoms with Crippen molar-refractivity contribution in [3.8, 4) is 0 Å². The molecule has 0 bridgehead atoms. The second kappa shape index (κ2) is 8.47. The van der Waals surface area contributed by atoms with Crippen LogP contribution in [0, 0.1) is 23.7 Å². The van der Waals surface area contributed by atoms with Gasteiger partial charge in [0.15, 0.2) is 0 Å². The van der Waals surface area contributed by atoms with Crippen LogP contribution in [0.2, 0.25) is 0 Å². The van der Waals surface area contributed by atoms with Crippen LogP contribution in [0.4, 0.5) is 0 Å². The maximum absolute atomic E-state index is 10.9. The van der Waals surface area contributed by atoms with Gasteiger partial charge in [0, 0.05) is 6.42 Å². The molecule has 5 atom stereocenters. The first-order valence-corrected chi connectivity index (χ1v) is 8.77. The van der Waals surface area contributed by atoms with E-state index in [1.807, 2.05) is 18.2 Å². The van der Waals surface area contributed by atoms with Gasteiger partial charge < -0.3 is 9.90 Å². The van der Waals surface area contributed by atoms with Crippen LogP contribution in [0.1, 0.15) is 51.5 Å². The number of aryl methyl sites for hydroxylation is 1. The number of hydrogen-bond acceptors (Lipinski definition) is 2. The van der Waals surface area contributed by atoms with Crippen LogP contribution < -0.4 is 0 Å². The van der Waals surface area contributed by atoms with Crippen molar-refractivity contribution in [2.75, 3.05) is 0 Å². The van der Waals surface area contributed by atoms with E-state index in [1.54, 1.807) is 0 Å². The van der Waals surface area contributed by atoms with Crippen LogP contribution in [0.15, 0.2) is 30.3 Å². The summed E-state index contributed by atoms with van der Waals surface area (Å²) < 4.78 is 0. The molecule has 1 aliphatic rings. The van der Waals surface area contributed by atoms with Gasteiger partial charge in [-0.15, -0.1) is 0 Å². The van der Waals surface area contributed by atoms with Crippen molar-refractivity contribution in [2.24, 2.45) is 23.7 Å². The molecule has 0 spiro atoms. The van der Waals surface area contributed by atoms with Gasteiger partial charge in [0.05, 0.1) is 6.10 Å². The van der Waals surface area contributed by atoms with Gasteiger partial charge in [-0.1, -0.05) is 44.2 Å². The van der Waals surface area contributed by atoms with Gasteiger partial charge in [0.2, 0.25) is 0 Å². The van der Waals surface area contributed by atoms with Crippen LogP contribution in [-0.2, 0) is 11.2 Å². The van der Waals surface area contributed by atoms with E-state index in [0.717, 1.165) is 32.0 Å². The maximum Gasteiger partial charge on any atom is 0.120 e. The third kappa shape index (κ3) is 4.67. The van der Waals surface area contributed by atoms with Crippen LogP contribution >= 0.6 is 0 Å². The van der Waals surface area contributed by atoms with Gasteiger partial charge in [0.25, 0.3) is 0 Å².